The zero-order chi connectivity index (χ0) is 17.3. The van der Waals surface area contributed by atoms with E-state index < -0.39 is 0 Å². The molecule has 24 heavy (non-hydrogen) atoms. The Bertz CT molecular complexity index is 715. The van der Waals surface area contributed by atoms with Crippen molar-refractivity contribution in [3.8, 4) is 0 Å². The predicted molar refractivity (Wildman–Crippen MR) is 87.9 cm³/mol. The van der Waals surface area contributed by atoms with Gasteiger partial charge in [0.1, 0.15) is 11.6 Å². The molecule has 0 aromatic heterocycles. The maximum absolute atomic E-state index is 13.6. The zero-order valence-corrected chi connectivity index (χ0v) is 13.8. The van der Waals surface area contributed by atoms with Gasteiger partial charge in [-0.1, -0.05) is 12.1 Å². The summed E-state index contributed by atoms with van der Waals surface area (Å²) < 4.78 is 32.5. The molecule has 0 amide bonds. The minimum absolute atomic E-state index is 0.162. The van der Waals surface area contributed by atoms with Crippen molar-refractivity contribution in [1.82, 2.24) is 0 Å². The summed E-state index contributed by atoms with van der Waals surface area (Å²) in [6.07, 6.45) is 1.22. The number of ether oxygens (including phenoxy) is 1. The number of hydrogen-bond donors (Lipinski definition) is 0. The van der Waals surface area contributed by atoms with Gasteiger partial charge in [0.15, 0.2) is 0 Å². The van der Waals surface area contributed by atoms with E-state index in [1.54, 1.807) is 26.0 Å². The Hall–Kier alpha value is -2.23. The largest absolute Gasteiger partial charge is 0.463 e. The Morgan fingerprint density at radius 1 is 1.04 bits per heavy atom. The predicted octanol–water partition coefficient (Wildman–Crippen LogP) is 4.54. The van der Waals surface area contributed by atoms with Gasteiger partial charge in [-0.2, -0.15) is 0 Å². The molecule has 0 saturated carbocycles. The first-order chi connectivity index (χ1) is 11.4. The van der Waals surface area contributed by atoms with Gasteiger partial charge in [0, 0.05) is 5.92 Å². The van der Waals surface area contributed by atoms with Crippen molar-refractivity contribution < 1.29 is 18.3 Å². The fraction of sp³-hybridized carbons (Fsp3) is 0.350. The first-order valence-electron chi connectivity index (χ1n) is 8.20. The Morgan fingerprint density at radius 3 is 2.00 bits per heavy atom. The first kappa shape index (κ1) is 16.6. The fourth-order valence-corrected chi connectivity index (χ4v) is 3.40. The summed E-state index contributed by atoms with van der Waals surface area (Å²) in [6.45, 7) is 3.61. The summed E-state index contributed by atoms with van der Waals surface area (Å²) in [5, 5.41) is 0. The Labute approximate surface area is 140 Å². The van der Waals surface area contributed by atoms with Crippen LogP contribution in [0.3, 0.4) is 0 Å². The molecule has 2 aromatic carbocycles. The smallest absolute Gasteiger partial charge is 0.306 e. The molecule has 1 aliphatic rings. The van der Waals surface area contributed by atoms with Crippen molar-refractivity contribution in [3.63, 3.8) is 0 Å². The summed E-state index contributed by atoms with van der Waals surface area (Å²) in [7, 11) is 0. The van der Waals surface area contributed by atoms with E-state index in [0.717, 1.165) is 22.3 Å². The molecule has 1 aliphatic carbocycles. The second kappa shape index (κ2) is 6.71. The standard InChI is InChI=1S/C20H20F2O2/c1-12(2)24-20(23)11-19-17-7-5-15(21)9-13(17)3-4-14-10-16(22)6-8-18(14)19/h5-10,12,19H,3-4,11H2,1-2H3. The summed E-state index contributed by atoms with van der Waals surface area (Å²) in [5.41, 5.74) is 3.58. The molecular weight excluding hydrogens is 310 g/mol. The van der Waals surface area contributed by atoms with E-state index in [9.17, 15) is 13.6 Å². The molecule has 3 rings (SSSR count). The number of carbonyl (C=O) groups excluding carboxylic acids is 1. The van der Waals surface area contributed by atoms with Crippen LogP contribution in [-0.2, 0) is 22.4 Å². The van der Waals surface area contributed by atoms with E-state index in [0.29, 0.717) is 12.8 Å². The number of carbonyl (C=O) groups is 1. The van der Waals surface area contributed by atoms with E-state index in [1.807, 2.05) is 0 Å². The van der Waals surface area contributed by atoms with Crippen molar-refractivity contribution in [2.75, 3.05) is 0 Å². The quantitative estimate of drug-likeness (QED) is 0.773. The highest BCUT2D eigenvalue weighted by Crippen LogP contribution is 2.37. The Balaban J connectivity index is 2.05. The van der Waals surface area contributed by atoms with Crippen molar-refractivity contribution >= 4 is 5.97 Å². The third-order valence-corrected chi connectivity index (χ3v) is 4.36. The highest BCUT2D eigenvalue weighted by atomic mass is 19.1. The molecule has 0 bridgehead atoms. The molecular formula is C20H20F2O2. The minimum atomic E-state index is -0.303. The molecule has 0 fully saturated rings. The molecule has 126 valence electrons. The topological polar surface area (TPSA) is 26.3 Å². The monoisotopic (exact) mass is 330 g/mol. The van der Waals surface area contributed by atoms with Crippen molar-refractivity contribution in [3.05, 3.63) is 70.3 Å². The molecule has 0 heterocycles. The molecule has 0 unspecified atom stereocenters. The number of fused-ring (bicyclic) bond motifs is 2. The average Bonchev–Trinajstić information content (AvgIpc) is 2.64. The fourth-order valence-electron chi connectivity index (χ4n) is 3.40. The van der Waals surface area contributed by atoms with Crippen molar-refractivity contribution in [1.29, 1.82) is 0 Å². The maximum Gasteiger partial charge on any atom is 0.306 e. The van der Waals surface area contributed by atoms with Crippen molar-refractivity contribution in [2.24, 2.45) is 0 Å². The van der Waals surface area contributed by atoms with E-state index in [1.165, 1.54) is 24.3 Å². The van der Waals surface area contributed by atoms with Crippen LogP contribution in [0.5, 0.6) is 0 Å². The Morgan fingerprint density at radius 2 is 1.54 bits per heavy atom. The van der Waals surface area contributed by atoms with Gasteiger partial charge in [0.25, 0.3) is 0 Å². The van der Waals surface area contributed by atoms with Crippen LogP contribution >= 0.6 is 0 Å². The van der Waals surface area contributed by atoms with Crippen LogP contribution in [0.1, 0.15) is 48.4 Å². The van der Waals surface area contributed by atoms with Gasteiger partial charge >= 0.3 is 5.97 Å². The highest BCUT2D eigenvalue weighted by Gasteiger charge is 2.27. The molecule has 4 heteroatoms. The molecule has 2 aromatic rings. The second-order valence-corrected chi connectivity index (χ2v) is 6.48. The Kier molecular flexibility index (Phi) is 4.65. The van der Waals surface area contributed by atoms with Crippen molar-refractivity contribution in [2.45, 2.75) is 45.1 Å². The minimum Gasteiger partial charge on any atom is -0.463 e. The average molecular weight is 330 g/mol. The van der Waals surface area contributed by atoms with Gasteiger partial charge in [-0.3, -0.25) is 4.79 Å². The van der Waals surface area contributed by atoms with Crippen LogP contribution in [0.25, 0.3) is 0 Å². The third kappa shape index (κ3) is 3.48. The molecule has 0 aliphatic heterocycles. The lowest BCUT2D eigenvalue weighted by Crippen LogP contribution is -2.16. The SMILES string of the molecule is CC(C)OC(=O)CC1c2ccc(F)cc2CCc2cc(F)ccc21. The third-order valence-electron chi connectivity index (χ3n) is 4.36. The maximum atomic E-state index is 13.6. The zero-order valence-electron chi connectivity index (χ0n) is 13.8. The number of halogens is 2. The summed E-state index contributed by atoms with van der Waals surface area (Å²) in [6, 6.07) is 9.31. The molecule has 0 radical (unpaired) electrons. The second-order valence-electron chi connectivity index (χ2n) is 6.48. The summed E-state index contributed by atoms with van der Waals surface area (Å²) in [4.78, 5) is 12.2. The number of hydrogen-bond acceptors (Lipinski definition) is 2. The highest BCUT2D eigenvalue weighted by molar-refractivity contribution is 5.72. The van der Waals surface area contributed by atoms with E-state index in [2.05, 4.69) is 0 Å². The number of esters is 1. The lowest BCUT2D eigenvalue weighted by molar-refractivity contribution is -0.147. The van der Waals surface area contributed by atoms with Gasteiger partial charge in [0.2, 0.25) is 0 Å². The first-order valence-corrected chi connectivity index (χ1v) is 8.20. The summed E-state index contributed by atoms with van der Waals surface area (Å²) in [5.74, 6) is -1.14. The van der Waals surface area contributed by atoms with E-state index in [-0.39, 0.29) is 36.0 Å². The van der Waals surface area contributed by atoms with Gasteiger partial charge in [-0.25, -0.2) is 8.78 Å². The van der Waals surface area contributed by atoms with Crippen LogP contribution < -0.4 is 0 Å². The summed E-state index contributed by atoms with van der Waals surface area (Å²) >= 11 is 0. The molecule has 0 spiro atoms. The number of benzene rings is 2. The normalized spacial score (nSPS) is 14.0. The lowest BCUT2D eigenvalue weighted by atomic mass is 9.85. The van der Waals surface area contributed by atoms with Gasteiger partial charge in [-0.05, 0) is 73.2 Å². The van der Waals surface area contributed by atoms with E-state index >= 15 is 0 Å². The van der Waals surface area contributed by atoms with Crippen LogP contribution in [0.4, 0.5) is 8.78 Å². The lowest BCUT2D eigenvalue weighted by Gasteiger charge is -2.20. The van der Waals surface area contributed by atoms with Crippen LogP contribution in [0, 0.1) is 11.6 Å². The van der Waals surface area contributed by atoms with Crippen LogP contribution in [0.15, 0.2) is 36.4 Å². The molecule has 0 saturated heterocycles. The van der Waals surface area contributed by atoms with E-state index in [4.69, 9.17) is 4.74 Å². The number of aryl methyl sites for hydroxylation is 2. The molecule has 2 nitrogen and oxygen atoms in total. The van der Waals surface area contributed by atoms with Gasteiger partial charge < -0.3 is 4.74 Å². The van der Waals surface area contributed by atoms with Gasteiger partial charge in [-0.15, -0.1) is 0 Å². The molecule has 0 N–H and O–H groups in total. The van der Waals surface area contributed by atoms with Gasteiger partial charge in [0.05, 0.1) is 12.5 Å². The molecule has 0 atom stereocenters. The number of rotatable bonds is 3. The van der Waals surface area contributed by atoms with Crippen LogP contribution in [-0.4, -0.2) is 12.1 Å². The van der Waals surface area contributed by atoms with Crippen LogP contribution in [0.2, 0.25) is 0 Å².